The second kappa shape index (κ2) is 7.21. The molecule has 1 amide bonds. The third-order valence-corrected chi connectivity index (χ3v) is 4.42. The van der Waals surface area contributed by atoms with Crippen LogP contribution in [0, 0.1) is 0 Å². The predicted octanol–water partition coefficient (Wildman–Crippen LogP) is 3.50. The Morgan fingerprint density at radius 3 is 3.11 bits per heavy atom. The van der Waals surface area contributed by atoms with E-state index in [0.29, 0.717) is 13.0 Å². The van der Waals surface area contributed by atoms with Crippen molar-refractivity contribution in [1.82, 2.24) is 10.3 Å². The van der Waals surface area contributed by atoms with E-state index in [4.69, 9.17) is 0 Å². The van der Waals surface area contributed by atoms with Gasteiger partial charge in [-0.15, -0.1) is 22.7 Å². The molecule has 0 aliphatic heterocycles. The minimum absolute atomic E-state index is 0.0348. The van der Waals surface area contributed by atoms with Gasteiger partial charge in [-0.2, -0.15) is 0 Å². The van der Waals surface area contributed by atoms with Crippen LogP contribution in [0.5, 0.6) is 0 Å². The molecule has 0 radical (unpaired) electrons. The number of nitrogens with one attached hydrogen (secondary N) is 1. The van der Waals surface area contributed by atoms with Crippen molar-refractivity contribution < 1.29 is 4.79 Å². The first-order valence-electron chi connectivity index (χ1n) is 6.15. The van der Waals surface area contributed by atoms with E-state index in [1.807, 2.05) is 42.0 Å². The second-order valence-electron chi connectivity index (χ2n) is 4.01. The number of carbonyl (C=O) groups is 1. The number of nitrogens with zero attached hydrogens (tertiary/aromatic N) is 1. The molecule has 0 spiro atoms. The molecule has 0 aliphatic rings. The zero-order valence-electron chi connectivity index (χ0n) is 10.8. The van der Waals surface area contributed by atoms with Crippen molar-refractivity contribution in [2.45, 2.75) is 19.8 Å². The van der Waals surface area contributed by atoms with Crippen LogP contribution in [0.3, 0.4) is 0 Å². The van der Waals surface area contributed by atoms with Crippen LogP contribution in [0.2, 0.25) is 0 Å². The summed E-state index contributed by atoms with van der Waals surface area (Å²) >= 11 is 3.26. The zero-order valence-corrected chi connectivity index (χ0v) is 12.4. The summed E-state index contributed by atoms with van der Waals surface area (Å²) in [6.07, 6.45) is 5.26. The maximum Gasteiger partial charge on any atom is 0.226 e. The molecule has 2 heterocycles. The number of thiazole rings is 1. The van der Waals surface area contributed by atoms with Gasteiger partial charge in [-0.1, -0.05) is 18.2 Å². The highest BCUT2D eigenvalue weighted by atomic mass is 32.1. The molecule has 2 aromatic rings. The van der Waals surface area contributed by atoms with Gasteiger partial charge in [0.1, 0.15) is 5.01 Å². The lowest BCUT2D eigenvalue weighted by Crippen LogP contribution is -2.25. The molecule has 0 saturated carbocycles. The first-order chi connectivity index (χ1) is 9.29. The van der Waals surface area contributed by atoms with E-state index in [-0.39, 0.29) is 5.91 Å². The number of hydrogen-bond donors (Lipinski definition) is 1. The predicted molar refractivity (Wildman–Crippen MR) is 81.6 cm³/mol. The fourth-order valence-electron chi connectivity index (χ4n) is 1.59. The molecule has 100 valence electrons. The van der Waals surface area contributed by atoms with E-state index in [1.165, 1.54) is 0 Å². The maximum atomic E-state index is 11.7. The normalized spacial score (nSPS) is 11.0. The number of carbonyl (C=O) groups excluding carboxylic acids is 1. The second-order valence-corrected chi connectivity index (χ2v) is 5.81. The molecule has 0 unspecified atom stereocenters. The van der Waals surface area contributed by atoms with Gasteiger partial charge in [0.2, 0.25) is 5.91 Å². The van der Waals surface area contributed by atoms with Gasteiger partial charge in [-0.25, -0.2) is 4.98 Å². The van der Waals surface area contributed by atoms with Crippen molar-refractivity contribution in [3.63, 3.8) is 0 Å². The minimum atomic E-state index is 0.0348. The molecule has 0 aliphatic carbocycles. The average molecular weight is 292 g/mol. The lowest BCUT2D eigenvalue weighted by atomic mass is 10.3. The van der Waals surface area contributed by atoms with Crippen LogP contribution in [0.1, 0.15) is 19.0 Å². The topological polar surface area (TPSA) is 42.0 Å². The summed E-state index contributed by atoms with van der Waals surface area (Å²) in [5.41, 5.74) is 0.844. The standard InChI is InChI=1S/C14H16N2OS2/c1-2-3-4-7-15-13(17)9-11-10-19-14(16-11)12-6-5-8-18-12/h2-3,5-6,8,10H,4,7,9H2,1H3,(H,15,17)/b3-2+. The van der Waals surface area contributed by atoms with Gasteiger partial charge in [-0.3, -0.25) is 4.79 Å². The highest BCUT2D eigenvalue weighted by Gasteiger charge is 2.08. The molecule has 0 fully saturated rings. The summed E-state index contributed by atoms with van der Waals surface area (Å²) in [6.45, 7) is 2.66. The first-order valence-corrected chi connectivity index (χ1v) is 7.91. The van der Waals surface area contributed by atoms with Crippen LogP contribution >= 0.6 is 22.7 Å². The van der Waals surface area contributed by atoms with Crippen molar-refractivity contribution in [1.29, 1.82) is 0 Å². The van der Waals surface area contributed by atoms with Crippen molar-refractivity contribution in [3.8, 4) is 9.88 Å². The van der Waals surface area contributed by atoms with Crippen molar-refractivity contribution in [2.75, 3.05) is 6.54 Å². The Labute approximate surface area is 121 Å². The smallest absolute Gasteiger partial charge is 0.226 e. The van der Waals surface area contributed by atoms with E-state index in [2.05, 4.69) is 10.3 Å². The molecule has 1 N–H and O–H groups in total. The van der Waals surface area contributed by atoms with Crippen LogP contribution in [0.4, 0.5) is 0 Å². The summed E-state index contributed by atoms with van der Waals surface area (Å²) < 4.78 is 0. The number of hydrogen-bond acceptors (Lipinski definition) is 4. The van der Waals surface area contributed by atoms with Gasteiger partial charge >= 0.3 is 0 Å². The number of amides is 1. The zero-order chi connectivity index (χ0) is 13.5. The molecule has 2 aromatic heterocycles. The molecule has 19 heavy (non-hydrogen) atoms. The summed E-state index contributed by atoms with van der Waals surface area (Å²) in [5, 5.41) is 7.87. The molecular formula is C14H16N2OS2. The molecular weight excluding hydrogens is 276 g/mol. The Bertz CT molecular complexity index is 544. The Hall–Kier alpha value is -1.46. The van der Waals surface area contributed by atoms with E-state index < -0.39 is 0 Å². The fourth-order valence-corrected chi connectivity index (χ4v) is 3.22. The van der Waals surface area contributed by atoms with Gasteiger partial charge in [0, 0.05) is 11.9 Å². The minimum Gasteiger partial charge on any atom is -0.355 e. The van der Waals surface area contributed by atoms with E-state index in [9.17, 15) is 4.79 Å². The quantitative estimate of drug-likeness (QED) is 0.654. The lowest BCUT2D eigenvalue weighted by Gasteiger charge is -2.01. The van der Waals surface area contributed by atoms with Gasteiger partial charge in [0.15, 0.2) is 0 Å². The van der Waals surface area contributed by atoms with Crippen molar-refractivity contribution in [2.24, 2.45) is 0 Å². The fraction of sp³-hybridized carbons (Fsp3) is 0.286. The van der Waals surface area contributed by atoms with Gasteiger partial charge in [0.25, 0.3) is 0 Å². The molecule has 0 saturated heterocycles. The summed E-state index contributed by atoms with van der Waals surface area (Å²) in [5.74, 6) is 0.0348. The lowest BCUT2D eigenvalue weighted by molar-refractivity contribution is -0.120. The van der Waals surface area contributed by atoms with Crippen LogP contribution in [-0.4, -0.2) is 17.4 Å². The van der Waals surface area contributed by atoms with Crippen LogP contribution in [0.15, 0.2) is 35.0 Å². The Balaban J connectivity index is 1.84. The van der Waals surface area contributed by atoms with E-state index >= 15 is 0 Å². The van der Waals surface area contributed by atoms with Gasteiger partial charge in [0.05, 0.1) is 17.0 Å². The van der Waals surface area contributed by atoms with Crippen molar-refractivity contribution in [3.05, 3.63) is 40.7 Å². The summed E-state index contributed by atoms with van der Waals surface area (Å²) in [4.78, 5) is 17.4. The number of rotatable bonds is 6. The third kappa shape index (κ3) is 4.29. The van der Waals surface area contributed by atoms with Crippen LogP contribution < -0.4 is 5.32 Å². The van der Waals surface area contributed by atoms with E-state index in [1.54, 1.807) is 22.7 Å². The number of allylic oxidation sites excluding steroid dienone is 1. The van der Waals surface area contributed by atoms with Crippen LogP contribution in [-0.2, 0) is 11.2 Å². The van der Waals surface area contributed by atoms with E-state index in [0.717, 1.165) is 22.0 Å². The Morgan fingerprint density at radius 1 is 1.47 bits per heavy atom. The molecule has 0 aromatic carbocycles. The monoisotopic (exact) mass is 292 g/mol. The van der Waals surface area contributed by atoms with Crippen LogP contribution in [0.25, 0.3) is 9.88 Å². The molecule has 3 nitrogen and oxygen atoms in total. The van der Waals surface area contributed by atoms with Crippen molar-refractivity contribution >= 4 is 28.6 Å². The Kier molecular flexibility index (Phi) is 5.30. The summed E-state index contributed by atoms with van der Waals surface area (Å²) in [6, 6.07) is 4.06. The SMILES string of the molecule is C/C=C/CCNC(=O)Cc1csc(-c2cccs2)n1. The molecule has 0 atom stereocenters. The highest BCUT2D eigenvalue weighted by molar-refractivity contribution is 7.20. The average Bonchev–Trinajstić information content (AvgIpc) is 3.04. The molecule has 5 heteroatoms. The first kappa shape index (κ1) is 14.0. The third-order valence-electron chi connectivity index (χ3n) is 2.49. The van der Waals surface area contributed by atoms with Gasteiger partial charge < -0.3 is 5.32 Å². The van der Waals surface area contributed by atoms with Gasteiger partial charge in [-0.05, 0) is 24.8 Å². The number of aromatic nitrogens is 1. The summed E-state index contributed by atoms with van der Waals surface area (Å²) in [7, 11) is 0. The largest absolute Gasteiger partial charge is 0.355 e. The molecule has 0 bridgehead atoms. The molecule has 2 rings (SSSR count). The highest BCUT2D eigenvalue weighted by Crippen LogP contribution is 2.27. The number of thiophene rings is 1. The Morgan fingerprint density at radius 2 is 2.37 bits per heavy atom. The maximum absolute atomic E-state index is 11.7.